The molecule has 0 bridgehead atoms. The third kappa shape index (κ3) is 5.77. The number of benzene rings is 1. The van der Waals surface area contributed by atoms with Gasteiger partial charge in [0.2, 0.25) is 5.75 Å². The average molecular weight is 322 g/mol. The lowest BCUT2D eigenvalue weighted by molar-refractivity contribution is -0.121. The van der Waals surface area contributed by atoms with E-state index >= 15 is 0 Å². The van der Waals surface area contributed by atoms with Crippen LogP contribution in [0.25, 0.3) is 0 Å². The number of Topliss-reactive ketones (excluding diaryl/α,β-unsaturated/α-hetero) is 1. The highest BCUT2D eigenvalue weighted by Gasteiger charge is 2.17. The zero-order chi connectivity index (χ0) is 17.2. The van der Waals surface area contributed by atoms with Gasteiger partial charge in [-0.1, -0.05) is 19.9 Å². The third-order valence-electron chi connectivity index (χ3n) is 3.55. The van der Waals surface area contributed by atoms with E-state index in [9.17, 15) is 4.79 Å². The molecule has 1 rings (SSSR count). The Hall–Kier alpha value is -1.71. The van der Waals surface area contributed by atoms with E-state index in [1.165, 1.54) is 0 Å². The number of carbonyl (C=O) groups is 1. The molecule has 4 nitrogen and oxygen atoms in total. The van der Waals surface area contributed by atoms with Crippen LogP contribution in [0.1, 0.15) is 53.0 Å². The van der Waals surface area contributed by atoms with Crippen LogP contribution < -0.4 is 14.2 Å². The van der Waals surface area contributed by atoms with Gasteiger partial charge in [0.15, 0.2) is 11.5 Å². The van der Waals surface area contributed by atoms with Crippen LogP contribution in [0.5, 0.6) is 17.2 Å². The van der Waals surface area contributed by atoms with Gasteiger partial charge in [-0.3, -0.25) is 4.79 Å². The van der Waals surface area contributed by atoms with Gasteiger partial charge in [-0.25, -0.2) is 0 Å². The van der Waals surface area contributed by atoms with Crippen molar-refractivity contribution in [2.75, 3.05) is 19.8 Å². The first kappa shape index (κ1) is 19.3. The van der Waals surface area contributed by atoms with Gasteiger partial charge in [-0.15, -0.1) is 0 Å². The van der Waals surface area contributed by atoms with Crippen LogP contribution in [0.4, 0.5) is 0 Å². The first-order chi connectivity index (χ1) is 11.0. The highest BCUT2D eigenvalue weighted by atomic mass is 16.5. The number of ketones is 1. The maximum atomic E-state index is 11.8. The maximum Gasteiger partial charge on any atom is 0.203 e. The minimum absolute atomic E-state index is 0.0979. The summed E-state index contributed by atoms with van der Waals surface area (Å²) in [5.74, 6) is 2.53. The molecule has 0 atom stereocenters. The summed E-state index contributed by atoms with van der Waals surface area (Å²) in [6.45, 7) is 11.4. The number of ether oxygens (including phenoxy) is 3. The molecule has 130 valence electrons. The second-order valence-corrected chi connectivity index (χ2v) is 5.65. The Labute approximate surface area is 140 Å². The number of hydrogen-bond acceptors (Lipinski definition) is 4. The maximum absolute atomic E-state index is 11.8. The monoisotopic (exact) mass is 322 g/mol. The SMILES string of the molecule is CCOc1ccc(CCCC(=O)C(C)C)c(OCC)c1OCC. The molecule has 1 aromatic carbocycles. The second kappa shape index (κ2) is 10.1. The summed E-state index contributed by atoms with van der Waals surface area (Å²) in [6.07, 6.45) is 2.21. The molecule has 23 heavy (non-hydrogen) atoms. The van der Waals surface area contributed by atoms with Crippen molar-refractivity contribution in [3.8, 4) is 17.2 Å². The third-order valence-corrected chi connectivity index (χ3v) is 3.55. The Morgan fingerprint density at radius 3 is 2.13 bits per heavy atom. The van der Waals surface area contributed by atoms with Crippen molar-refractivity contribution in [3.63, 3.8) is 0 Å². The largest absolute Gasteiger partial charge is 0.490 e. The zero-order valence-corrected chi connectivity index (χ0v) is 15.1. The summed E-state index contributed by atoms with van der Waals surface area (Å²) in [5, 5.41) is 0. The van der Waals surface area contributed by atoms with Crippen molar-refractivity contribution in [1.82, 2.24) is 0 Å². The van der Waals surface area contributed by atoms with E-state index in [1.54, 1.807) is 0 Å². The minimum Gasteiger partial charge on any atom is -0.490 e. The van der Waals surface area contributed by atoms with Crippen molar-refractivity contribution in [1.29, 1.82) is 0 Å². The molecule has 0 spiro atoms. The number of aryl methyl sites for hydroxylation is 1. The molecule has 0 radical (unpaired) electrons. The molecule has 0 aliphatic rings. The van der Waals surface area contributed by atoms with E-state index in [4.69, 9.17) is 14.2 Å². The minimum atomic E-state index is 0.0979. The van der Waals surface area contributed by atoms with Crippen molar-refractivity contribution in [2.45, 2.75) is 53.9 Å². The molecule has 0 unspecified atom stereocenters. The Kier molecular flexibility index (Phi) is 8.52. The Morgan fingerprint density at radius 1 is 0.957 bits per heavy atom. The fraction of sp³-hybridized carbons (Fsp3) is 0.632. The Balaban J connectivity index is 2.96. The van der Waals surface area contributed by atoms with Crippen LogP contribution in [-0.4, -0.2) is 25.6 Å². The summed E-state index contributed by atoms with van der Waals surface area (Å²) >= 11 is 0. The molecule has 0 aromatic heterocycles. The van der Waals surface area contributed by atoms with Gasteiger partial charge in [0.05, 0.1) is 19.8 Å². The molecular weight excluding hydrogens is 292 g/mol. The average Bonchev–Trinajstić information content (AvgIpc) is 2.52. The predicted molar refractivity (Wildman–Crippen MR) is 92.7 cm³/mol. The zero-order valence-electron chi connectivity index (χ0n) is 15.1. The lowest BCUT2D eigenvalue weighted by atomic mass is 10.00. The summed E-state index contributed by atoms with van der Waals surface area (Å²) < 4.78 is 17.2. The van der Waals surface area contributed by atoms with E-state index < -0.39 is 0 Å². The lowest BCUT2D eigenvalue weighted by Gasteiger charge is -2.18. The molecule has 0 N–H and O–H groups in total. The molecule has 0 saturated carbocycles. The van der Waals surface area contributed by atoms with E-state index in [-0.39, 0.29) is 5.92 Å². The molecule has 1 aromatic rings. The molecule has 0 amide bonds. The number of carbonyl (C=O) groups excluding carboxylic acids is 1. The van der Waals surface area contributed by atoms with E-state index in [0.717, 1.165) is 24.2 Å². The van der Waals surface area contributed by atoms with Gasteiger partial charge < -0.3 is 14.2 Å². The quantitative estimate of drug-likeness (QED) is 0.604. The highest BCUT2D eigenvalue weighted by Crippen LogP contribution is 2.41. The van der Waals surface area contributed by atoms with Crippen LogP contribution in [0, 0.1) is 5.92 Å². The van der Waals surface area contributed by atoms with Crippen LogP contribution in [0.2, 0.25) is 0 Å². The Bertz CT molecular complexity index is 494. The van der Waals surface area contributed by atoms with E-state index in [2.05, 4.69) is 0 Å². The fourth-order valence-electron chi connectivity index (χ4n) is 2.38. The Morgan fingerprint density at radius 2 is 1.57 bits per heavy atom. The van der Waals surface area contributed by atoms with Crippen molar-refractivity contribution < 1.29 is 19.0 Å². The van der Waals surface area contributed by atoms with E-state index in [1.807, 2.05) is 46.8 Å². The molecule has 0 aliphatic carbocycles. The van der Waals surface area contributed by atoms with Gasteiger partial charge in [-0.05, 0) is 45.2 Å². The fourth-order valence-corrected chi connectivity index (χ4v) is 2.38. The van der Waals surface area contributed by atoms with Crippen LogP contribution in [-0.2, 0) is 11.2 Å². The van der Waals surface area contributed by atoms with Crippen LogP contribution in [0.15, 0.2) is 12.1 Å². The normalized spacial score (nSPS) is 10.7. The molecule has 0 heterocycles. The summed E-state index contributed by atoms with van der Waals surface area (Å²) in [4.78, 5) is 11.8. The topological polar surface area (TPSA) is 44.8 Å². The summed E-state index contributed by atoms with van der Waals surface area (Å²) in [7, 11) is 0. The smallest absolute Gasteiger partial charge is 0.203 e. The first-order valence-corrected chi connectivity index (χ1v) is 8.62. The van der Waals surface area contributed by atoms with E-state index in [0.29, 0.717) is 43.5 Å². The van der Waals surface area contributed by atoms with Crippen molar-refractivity contribution in [3.05, 3.63) is 17.7 Å². The standard InChI is InChI=1S/C19H30O4/c1-6-21-17-13-12-15(10-9-11-16(20)14(4)5)18(22-7-2)19(17)23-8-3/h12-14H,6-11H2,1-5H3. The van der Waals surface area contributed by atoms with Gasteiger partial charge in [0.25, 0.3) is 0 Å². The van der Waals surface area contributed by atoms with Crippen molar-refractivity contribution in [2.24, 2.45) is 5.92 Å². The van der Waals surface area contributed by atoms with Gasteiger partial charge in [0, 0.05) is 12.3 Å². The molecule has 4 heteroatoms. The first-order valence-electron chi connectivity index (χ1n) is 8.62. The van der Waals surface area contributed by atoms with Gasteiger partial charge >= 0.3 is 0 Å². The molecule has 0 fully saturated rings. The predicted octanol–water partition coefficient (Wildman–Crippen LogP) is 4.43. The van der Waals surface area contributed by atoms with Crippen LogP contribution >= 0.6 is 0 Å². The summed E-state index contributed by atoms with van der Waals surface area (Å²) in [5.41, 5.74) is 1.07. The number of rotatable bonds is 11. The second-order valence-electron chi connectivity index (χ2n) is 5.65. The highest BCUT2D eigenvalue weighted by molar-refractivity contribution is 5.80. The van der Waals surface area contributed by atoms with Crippen LogP contribution in [0.3, 0.4) is 0 Å². The van der Waals surface area contributed by atoms with Gasteiger partial charge in [-0.2, -0.15) is 0 Å². The number of hydrogen-bond donors (Lipinski definition) is 0. The molecule has 0 aliphatic heterocycles. The van der Waals surface area contributed by atoms with Crippen molar-refractivity contribution >= 4 is 5.78 Å². The molecule has 0 saturated heterocycles. The van der Waals surface area contributed by atoms with Gasteiger partial charge in [0.1, 0.15) is 5.78 Å². The molecular formula is C19H30O4. The lowest BCUT2D eigenvalue weighted by Crippen LogP contribution is -2.08. The summed E-state index contributed by atoms with van der Waals surface area (Å²) in [6, 6.07) is 3.94.